The van der Waals surface area contributed by atoms with Crippen LogP contribution in [0.4, 0.5) is 0 Å². The number of likely N-dealkylation sites (N-methyl/N-ethyl adjacent to an activating group) is 1. The standard InChI is InChI=1S/C5H10NO2/c1-6(2)3-4-8-5-7/h3-4H2,1-2H3. The molecular weight excluding hydrogens is 106 g/mol. The van der Waals surface area contributed by atoms with E-state index < -0.39 is 0 Å². The van der Waals surface area contributed by atoms with Gasteiger partial charge in [-0.3, -0.25) is 0 Å². The summed E-state index contributed by atoms with van der Waals surface area (Å²) in [7, 11) is 3.82. The van der Waals surface area contributed by atoms with Gasteiger partial charge in [-0.05, 0) is 14.1 Å². The monoisotopic (exact) mass is 116 g/mol. The van der Waals surface area contributed by atoms with E-state index in [0.29, 0.717) is 6.61 Å². The fraction of sp³-hybridized carbons (Fsp3) is 0.800. The number of carbonyl (C=O) groups excluding carboxylic acids is 1. The number of nitrogens with zero attached hydrogens (tertiary/aromatic N) is 1. The molecule has 0 aromatic carbocycles. The van der Waals surface area contributed by atoms with Crippen molar-refractivity contribution in [2.45, 2.75) is 0 Å². The van der Waals surface area contributed by atoms with Crippen molar-refractivity contribution in [2.75, 3.05) is 27.2 Å². The van der Waals surface area contributed by atoms with Gasteiger partial charge in [-0.25, -0.2) is 4.79 Å². The Kier molecular flexibility index (Phi) is 4.26. The quantitative estimate of drug-likeness (QED) is 0.469. The first-order valence-corrected chi connectivity index (χ1v) is 2.41. The molecule has 0 unspecified atom stereocenters. The molecule has 0 spiro atoms. The second-order valence-electron chi connectivity index (χ2n) is 1.74. The summed E-state index contributed by atoms with van der Waals surface area (Å²) in [6.07, 6.45) is 0. The molecule has 0 heterocycles. The van der Waals surface area contributed by atoms with Crippen LogP contribution in [-0.4, -0.2) is 38.6 Å². The maximum Gasteiger partial charge on any atom is 0.417 e. The van der Waals surface area contributed by atoms with Gasteiger partial charge in [0.1, 0.15) is 6.61 Å². The summed E-state index contributed by atoms with van der Waals surface area (Å²) in [4.78, 5) is 11.3. The van der Waals surface area contributed by atoms with Crippen molar-refractivity contribution < 1.29 is 9.53 Å². The summed E-state index contributed by atoms with van der Waals surface area (Å²) in [5, 5.41) is 0. The minimum Gasteiger partial charge on any atom is -0.456 e. The van der Waals surface area contributed by atoms with Crippen molar-refractivity contribution in [1.82, 2.24) is 4.90 Å². The maximum absolute atomic E-state index is 9.42. The lowest BCUT2D eigenvalue weighted by molar-refractivity contribution is 0.237. The third kappa shape index (κ3) is 5.43. The number of rotatable bonds is 4. The van der Waals surface area contributed by atoms with Gasteiger partial charge in [0.15, 0.2) is 0 Å². The van der Waals surface area contributed by atoms with E-state index >= 15 is 0 Å². The van der Waals surface area contributed by atoms with E-state index in [2.05, 4.69) is 4.74 Å². The highest BCUT2D eigenvalue weighted by molar-refractivity contribution is 5.38. The molecule has 0 bridgehead atoms. The molecule has 3 nitrogen and oxygen atoms in total. The molecule has 0 saturated carbocycles. The highest BCUT2D eigenvalue weighted by atomic mass is 16.5. The van der Waals surface area contributed by atoms with E-state index in [1.54, 1.807) is 0 Å². The first-order valence-electron chi connectivity index (χ1n) is 2.41. The first kappa shape index (κ1) is 7.43. The Morgan fingerprint density at radius 3 is 2.62 bits per heavy atom. The fourth-order valence-electron chi connectivity index (χ4n) is 0.270. The third-order valence-electron chi connectivity index (χ3n) is 0.699. The summed E-state index contributed by atoms with van der Waals surface area (Å²) in [6, 6.07) is 0. The lowest BCUT2D eigenvalue weighted by Gasteiger charge is -2.05. The molecule has 8 heavy (non-hydrogen) atoms. The molecule has 0 atom stereocenters. The van der Waals surface area contributed by atoms with Crippen molar-refractivity contribution in [1.29, 1.82) is 0 Å². The second kappa shape index (κ2) is 4.59. The van der Waals surface area contributed by atoms with Crippen molar-refractivity contribution in [3.8, 4) is 0 Å². The zero-order valence-electron chi connectivity index (χ0n) is 5.18. The molecule has 3 heteroatoms. The van der Waals surface area contributed by atoms with Crippen LogP contribution in [-0.2, 0) is 9.53 Å². The summed E-state index contributed by atoms with van der Waals surface area (Å²) in [6.45, 7) is 2.53. The fourth-order valence-corrected chi connectivity index (χ4v) is 0.270. The van der Waals surface area contributed by atoms with Crippen LogP contribution in [0.5, 0.6) is 0 Å². The van der Waals surface area contributed by atoms with Crippen LogP contribution in [0, 0.1) is 0 Å². The average Bonchev–Trinajstić information content (AvgIpc) is 1.66. The highest BCUT2D eigenvalue weighted by Gasteiger charge is 1.87. The minimum atomic E-state index is 0.427. The van der Waals surface area contributed by atoms with Crippen LogP contribution in [0.2, 0.25) is 0 Å². The number of ether oxygens (including phenoxy) is 1. The van der Waals surface area contributed by atoms with Gasteiger partial charge in [-0.1, -0.05) is 0 Å². The molecule has 0 amide bonds. The van der Waals surface area contributed by atoms with Gasteiger partial charge >= 0.3 is 6.47 Å². The normalized spacial score (nSPS) is 9.38. The molecule has 0 aromatic heterocycles. The van der Waals surface area contributed by atoms with Crippen LogP contribution < -0.4 is 0 Å². The van der Waals surface area contributed by atoms with Crippen LogP contribution in [0.3, 0.4) is 0 Å². The van der Waals surface area contributed by atoms with Crippen LogP contribution in [0.15, 0.2) is 0 Å². The van der Waals surface area contributed by atoms with Crippen molar-refractivity contribution in [2.24, 2.45) is 0 Å². The molecule has 47 valence electrons. The molecular formula is C5H10NO2. The first-order chi connectivity index (χ1) is 3.77. The van der Waals surface area contributed by atoms with Gasteiger partial charge in [0.25, 0.3) is 0 Å². The average molecular weight is 116 g/mol. The maximum atomic E-state index is 9.42. The Balaban J connectivity index is 2.81. The van der Waals surface area contributed by atoms with Crippen molar-refractivity contribution in [3.05, 3.63) is 0 Å². The Bertz CT molecular complexity index is 63.4. The van der Waals surface area contributed by atoms with Crippen LogP contribution in [0.1, 0.15) is 0 Å². The Labute approximate surface area is 49.2 Å². The molecule has 0 saturated heterocycles. The SMILES string of the molecule is CN(C)CCO[C]=O. The number of hydrogen-bond donors (Lipinski definition) is 0. The predicted molar refractivity (Wildman–Crippen MR) is 30.2 cm³/mol. The molecule has 0 aliphatic carbocycles. The van der Waals surface area contributed by atoms with Crippen molar-refractivity contribution in [3.63, 3.8) is 0 Å². The minimum absolute atomic E-state index is 0.427. The Morgan fingerprint density at radius 2 is 2.25 bits per heavy atom. The lowest BCUT2D eigenvalue weighted by atomic mass is 10.6. The van der Waals surface area contributed by atoms with E-state index in [0.717, 1.165) is 6.54 Å². The van der Waals surface area contributed by atoms with Gasteiger partial charge < -0.3 is 9.64 Å². The molecule has 0 aliphatic rings. The molecule has 0 rings (SSSR count). The van der Waals surface area contributed by atoms with Gasteiger partial charge in [-0.15, -0.1) is 0 Å². The zero-order valence-corrected chi connectivity index (χ0v) is 5.18. The molecule has 0 N–H and O–H groups in total. The molecule has 1 radical (unpaired) electrons. The third-order valence-corrected chi connectivity index (χ3v) is 0.699. The van der Waals surface area contributed by atoms with Gasteiger partial charge in [0.05, 0.1) is 0 Å². The van der Waals surface area contributed by atoms with E-state index in [-0.39, 0.29) is 0 Å². The number of hydrogen-bond acceptors (Lipinski definition) is 3. The van der Waals surface area contributed by atoms with Gasteiger partial charge in [-0.2, -0.15) is 0 Å². The largest absolute Gasteiger partial charge is 0.456 e. The Hall–Kier alpha value is -0.570. The van der Waals surface area contributed by atoms with Crippen LogP contribution >= 0.6 is 0 Å². The van der Waals surface area contributed by atoms with Crippen LogP contribution in [0.25, 0.3) is 0 Å². The summed E-state index contributed by atoms with van der Waals surface area (Å²) in [5.74, 6) is 0. The van der Waals surface area contributed by atoms with E-state index in [4.69, 9.17) is 0 Å². The smallest absolute Gasteiger partial charge is 0.417 e. The Morgan fingerprint density at radius 1 is 1.62 bits per heavy atom. The second-order valence-corrected chi connectivity index (χ2v) is 1.74. The van der Waals surface area contributed by atoms with Crippen molar-refractivity contribution >= 4 is 6.47 Å². The summed E-state index contributed by atoms with van der Waals surface area (Å²) < 4.78 is 4.30. The van der Waals surface area contributed by atoms with Gasteiger partial charge in [0.2, 0.25) is 0 Å². The predicted octanol–water partition coefficient (Wildman–Crippen LogP) is -0.368. The zero-order chi connectivity index (χ0) is 6.41. The lowest BCUT2D eigenvalue weighted by Crippen LogP contribution is -2.17. The summed E-state index contributed by atoms with van der Waals surface area (Å²) in [5.41, 5.74) is 0. The topological polar surface area (TPSA) is 29.5 Å². The molecule has 0 aromatic rings. The van der Waals surface area contributed by atoms with E-state index in [9.17, 15) is 4.79 Å². The summed E-state index contributed by atoms with van der Waals surface area (Å²) >= 11 is 0. The molecule has 0 fully saturated rings. The van der Waals surface area contributed by atoms with E-state index in [1.165, 1.54) is 6.47 Å². The van der Waals surface area contributed by atoms with E-state index in [1.807, 2.05) is 19.0 Å². The molecule has 0 aliphatic heterocycles. The van der Waals surface area contributed by atoms with Gasteiger partial charge in [0, 0.05) is 6.54 Å². The highest BCUT2D eigenvalue weighted by Crippen LogP contribution is 1.72.